The Kier molecular flexibility index (Phi) is 8.41. The zero-order valence-corrected chi connectivity index (χ0v) is 11.2. The first-order chi connectivity index (χ1) is 7.88. The van der Waals surface area contributed by atoms with E-state index in [2.05, 4.69) is 0 Å². The second kappa shape index (κ2) is 9.08. The third-order valence-corrected chi connectivity index (χ3v) is 1.97. The van der Waals surface area contributed by atoms with Gasteiger partial charge in [-0.1, -0.05) is 39.8 Å². The highest BCUT2D eigenvalue weighted by molar-refractivity contribution is 5.46. The molecule has 0 amide bonds. The van der Waals surface area contributed by atoms with Gasteiger partial charge in [0.2, 0.25) is 0 Å². The number of ether oxygens (including phenoxy) is 2. The van der Waals surface area contributed by atoms with Gasteiger partial charge in [0.1, 0.15) is 0 Å². The Bertz CT molecular complexity index is 282. The molecule has 0 unspecified atom stereocenters. The smallest absolute Gasteiger partial charge is 0.164 e. The van der Waals surface area contributed by atoms with E-state index < -0.39 is 0 Å². The third kappa shape index (κ3) is 4.13. The SMILES string of the molecule is CC.CC.Cc1cccc2c1OCCCO2. The summed E-state index contributed by atoms with van der Waals surface area (Å²) in [5.74, 6) is 1.79. The van der Waals surface area contributed by atoms with Crippen molar-refractivity contribution in [3.8, 4) is 11.5 Å². The van der Waals surface area contributed by atoms with Crippen LogP contribution in [0.1, 0.15) is 39.7 Å². The van der Waals surface area contributed by atoms with E-state index in [0.717, 1.165) is 36.7 Å². The molecule has 0 fully saturated rings. The number of hydrogen-bond acceptors (Lipinski definition) is 2. The van der Waals surface area contributed by atoms with E-state index in [1.807, 2.05) is 52.8 Å². The molecule has 0 radical (unpaired) electrons. The summed E-state index contributed by atoms with van der Waals surface area (Å²) in [6, 6.07) is 5.98. The summed E-state index contributed by atoms with van der Waals surface area (Å²) in [4.78, 5) is 0. The van der Waals surface area contributed by atoms with Crippen LogP contribution in [0, 0.1) is 6.92 Å². The van der Waals surface area contributed by atoms with Gasteiger partial charge < -0.3 is 9.47 Å². The van der Waals surface area contributed by atoms with Crippen molar-refractivity contribution in [3.63, 3.8) is 0 Å². The fourth-order valence-corrected chi connectivity index (χ4v) is 1.34. The minimum atomic E-state index is 0.760. The summed E-state index contributed by atoms with van der Waals surface area (Å²) < 4.78 is 11.1. The van der Waals surface area contributed by atoms with Gasteiger partial charge in [0, 0.05) is 6.42 Å². The van der Waals surface area contributed by atoms with Crippen molar-refractivity contribution in [2.24, 2.45) is 0 Å². The average molecular weight is 224 g/mol. The normalized spacial score (nSPS) is 12.3. The van der Waals surface area contributed by atoms with Gasteiger partial charge in [-0.15, -0.1) is 0 Å². The molecule has 1 aromatic rings. The number of para-hydroxylation sites is 1. The molecule has 2 heteroatoms. The maximum Gasteiger partial charge on any atom is 0.164 e. The fraction of sp³-hybridized carbons (Fsp3) is 0.571. The zero-order chi connectivity index (χ0) is 12.4. The van der Waals surface area contributed by atoms with Gasteiger partial charge in [0.25, 0.3) is 0 Å². The van der Waals surface area contributed by atoms with Gasteiger partial charge in [0.15, 0.2) is 11.5 Å². The summed E-state index contributed by atoms with van der Waals surface area (Å²) in [6.45, 7) is 11.6. The lowest BCUT2D eigenvalue weighted by Crippen LogP contribution is -1.97. The Morgan fingerprint density at radius 2 is 1.56 bits per heavy atom. The number of fused-ring (bicyclic) bond motifs is 1. The summed E-state index contributed by atoms with van der Waals surface area (Å²) in [7, 11) is 0. The molecule has 0 saturated carbocycles. The van der Waals surface area contributed by atoms with Crippen LogP contribution >= 0.6 is 0 Å². The number of benzene rings is 1. The van der Waals surface area contributed by atoms with Crippen LogP contribution in [0.4, 0.5) is 0 Å². The van der Waals surface area contributed by atoms with E-state index in [0.29, 0.717) is 0 Å². The monoisotopic (exact) mass is 224 g/mol. The molecule has 1 aromatic carbocycles. The Morgan fingerprint density at radius 3 is 2.25 bits per heavy atom. The predicted octanol–water partition coefficient (Wildman–Crippen LogP) is 4.21. The van der Waals surface area contributed by atoms with Gasteiger partial charge in [0.05, 0.1) is 13.2 Å². The van der Waals surface area contributed by atoms with Crippen molar-refractivity contribution in [3.05, 3.63) is 23.8 Å². The van der Waals surface area contributed by atoms with Crippen molar-refractivity contribution >= 4 is 0 Å². The lowest BCUT2D eigenvalue weighted by Gasteiger charge is -2.08. The van der Waals surface area contributed by atoms with Crippen LogP contribution in [-0.2, 0) is 0 Å². The molecule has 2 rings (SSSR count). The van der Waals surface area contributed by atoms with Crippen LogP contribution in [0.15, 0.2) is 18.2 Å². The molecule has 0 spiro atoms. The molecular formula is C14H24O2. The number of rotatable bonds is 0. The molecule has 0 saturated heterocycles. The van der Waals surface area contributed by atoms with E-state index in [9.17, 15) is 0 Å². The summed E-state index contributed by atoms with van der Waals surface area (Å²) >= 11 is 0. The molecule has 1 aliphatic rings. The highest BCUT2D eigenvalue weighted by Crippen LogP contribution is 2.32. The maximum absolute atomic E-state index is 5.55. The molecule has 16 heavy (non-hydrogen) atoms. The minimum absolute atomic E-state index is 0.760. The average Bonchev–Trinajstić information content (AvgIpc) is 2.60. The van der Waals surface area contributed by atoms with Crippen LogP contribution in [-0.4, -0.2) is 13.2 Å². The third-order valence-electron chi connectivity index (χ3n) is 1.97. The van der Waals surface area contributed by atoms with Crippen LogP contribution < -0.4 is 9.47 Å². The molecule has 0 N–H and O–H groups in total. The second-order valence-electron chi connectivity index (χ2n) is 2.95. The Labute approximate surface area is 99.6 Å². The molecule has 0 atom stereocenters. The van der Waals surface area contributed by atoms with E-state index >= 15 is 0 Å². The van der Waals surface area contributed by atoms with Crippen LogP contribution in [0.2, 0.25) is 0 Å². The van der Waals surface area contributed by atoms with Crippen molar-refractivity contribution in [1.29, 1.82) is 0 Å². The fourth-order valence-electron chi connectivity index (χ4n) is 1.34. The highest BCUT2D eigenvalue weighted by atomic mass is 16.5. The van der Waals surface area contributed by atoms with E-state index in [1.165, 1.54) is 0 Å². The Balaban J connectivity index is 0.000000509. The van der Waals surface area contributed by atoms with Gasteiger partial charge in [-0.3, -0.25) is 0 Å². The molecule has 1 heterocycles. The van der Waals surface area contributed by atoms with Gasteiger partial charge in [-0.25, -0.2) is 0 Å². The number of aryl methyl sites for hydroxylation is 1. The molecule has 1 aliphatic heterocycles. The molecule has 2 nitrogen and oxygen atoms in total. The minimum Gasteiger partial charge on any atom is -0.490 e. The topological polar surface area (TPSA) is 18.5 Å². The van der Waals surface area contributed by atoms with E-state index in [-0.39, 0.29) is 0 Å². The van der Waals surface area contributed by atoms with Crippen LogP contribution in [0.3, 0.4) is 0 Å². The van der Waals surface area contributed by atoms with E-state index in [4.69, 9.17) is 9.47 Å². The standard InChI is InChI=1S/C10H12O2.2C2H6/c1-8-4-2-5-9-10(8)12-7-3-6-11-9;2*1-2/h2,4-5H,3,6-7H2,1H3;2*1-2H3. The summed E-state index contributed by atoms with van der Waals surface area (Å²) in [5.41, 5.74) is 1.15. The predicted molar refractivity (Wildman–Crippen MR) is 69.5 cm³/mol. The zero-order valence-electron chi connectivity index (χ0n) is 11.2. The van der Waals surface area contributed by atoms with Gasteiger partial charge in [-0.05, 0) is 18.6 Å². The number of hydrogen-bond donors (Lipinski definition) is 0. The Hall–Kier alpha value is -1.18. The molecular weight excluding hydrogens is 200 g/mol. The van der Waals surface area contributed by atoms with Crippen molar-refractivity contribution in [2.75, 3.05) is 13.2 Å². The van der Waals surface area contributed by atoms with E-state index in [1.54, 1.807) is 0 Å². The quantitative estimate of drug-likeness (QED) is 0.657. The second-order valence-corrected chi connectivity index (χ2v) is 2.95. The summed E-state index contributed by atoms with van der Waals surface area (Å²) in [5, 5.41) is 0. The van der Waals surface area contributed by atoms with Crippen molar-refractivity contribution in [2.45, 2.75) is 41.0 Å². The van der Waals surface area contributed by atoms with Crippen LogP contribution in [0.25, 0.3) is 0 Å². The lowest BCUT2D eigenvalue weighted by atomic mass is 10.2. The van der Waals surface area contributed by atoms with Gasteiger partial charge >= 0.3 is 0 Å². The first-order valence-corrected chi connectivity index (χ1v) is 6.23. The first kappa shape index (κ1) is 14.8. The first-order valence-electron chi connectivity index (χ1n) is 6.23. The molecule has 0 aliphatic carbocycles. The molecule has 0 bridgehead atoms. The van der Waals surface area contributed by atoms with Crippen molar-refractivity contribution < 1.29 is 9.47 Å². The lowest BCUT2D eigenvalue weighted by molar-refractivity contribution is 0.296. The molecule has 0 aromatic heterocycles. The largest absolute Gasteiger partial charge is 0.490 e. The van der Waals surface area contributed by atoms with Gasteiger partial charge in [-0.2, -0.15) is 0 Å². The van der Waals surface area contributed by atoms with Crippen molar-refractivity contribution in [1.82, 2.24) is 0 Å². The van der Waals surface area contributed by atoms with Crippen LogP contribution in [0.5, 0.6) is 11.5 Å². The summed E-state index contributed by atoms with van der Waals surface area (Å²) in [6.07, 6.45) is 0.966. The highest BCUT2D eigenvalue weighted by Gasteiger charge is 2.10. The molecule has 92 valence electrons. The Morgan fingerprint density at radius 1 is 0.938 bits per heavy atom. The maximum atomic E-state index is 5.55.